The van der Waals surface area contributed by atoms with Crippen molar-refractivity contribution in [3.8, 4) is 0 Å². The summed E-state index contributed by atoms with van der Waals surface area (Å²) in [5, 5.41) is 11.6. The van der Waals surface area contributed by atoms with E-state index in [1.54, 1.807) is 0 Å². The summed E-state index contributed by atoms with van der Waals surface area (Å²) in [5.74, 6) is 0.676. The zero-order valence-corrected chi connectivity index (χ0v) is 16.7. The second kappa shape index (κ2) is 8.03. The molecule has 0 amide bonds. The Labute approximate surface area is 160 Å². The second-order valence-electron chi connectivity index (χ2n) is 7.79. The molecule has 0 aromatic heterocycles. The zero-order valence-electron chi connectivity index (χ0n) is 15.2. The molecule has 2 nitrogen and oxygen atoms in total. The van der Waals surface area contributed by atoms with Crippen LogP contribution in [0.15, 0.2) is 59.1 Å². The van der Waals surface area contributed by atoms with E-state index in [1.165, 1.54) is 11.1 Å². The van der Waals surface area contributed by atoms with Gasteiger partial charge in [-0.15, -0.1) is 0 Å². The Morgan fingerprint density at radius 3 is 2.44 bits per heavy atom. The van der Waals surface area contributed by atoms with Gasteiger partial charge in [0.15, 0.2) is 0 Å². The fourth-order valence-electron chi connectivity index (χ4n) is 4.22. The van der Waals surface area contributed by atoms with Gasteiger partial charge in [0, 0.05) is 23.5 Å². The fraction of sp³-hybridized carbons (Fsp3) is 0.455. The van der Waals surface area contributed by atoms with Crippen molar-refractivity contribution in [2.24, 2.45) is 5.92 Å². The molecule has 3 rings (SSSR count). The average molecular weight is 402 g/mol. The average Bonchev–Trinajstić information content (AvgIpc) is 2.56. The number of nitrogens with zero attached hydrogens (tertiary/aromatic N) is 1. The SMILES string of the molecule is CC(C)CC1(O)CN(Cc2ccccc2)CCC1c1ccc(Br)cc1. The number of benzene rings is 2. The maximum absolute atomic E-state index is 11.6. The first-order chi connectivity index (χ1) is 12.0. The lowest BCUT2D eigenvalue weighted by Crippen LogP contribution is -2.53. The Morgan fingerprint density at radius 2 is 1.80 bits per heavy atom. The zero-order chi connectivity index (χ0) is 17.9. The van der Waals surface area contributed by atoms with E-state index in [0.29, 0.717) is 5.92 Å². The molecule has 1 heterocycles. The molecule has 0 spiro atoms. The highest BCUT2D eigenvalue weighted by Gasteiger charge is 2.42. The van der Waals surface area contributed by atoms with Gasteiger partial charge in [-0.1, -0.05) is 72.2 Å². The van der Waals surface area contributed by atoms with Crippen molar-refractivity contribution in [2.45, 2.75) is 44.8 Å². The van der Waals surface area contributed by atoms with Crippen LogP contribution in [0.3, 0.4) is 0 Å². The molecule has 1 aliphatic rings. The highest BCUT2D eigenvalue weighted by Crippen LogP contribution is 2.40. The Hall–Kier alpha value is -1.16. The topological polar surface area (TPSA) is 23.5 Å². The standard InChI is InChI=1S/C22H28BrNO/c1-17(2)14-22(25)16-24(15-18-6-4-3-5-7-18)13-12-21(22)19-8-10-20(23)11-9-19/h3-11,17,21,25H,12-16H2,1-2H3. The molecule has 134 valence electrons. The molecule has 1 saturated heterocycles. The summed E-state index contributed by atoms with van der Waals surface area (Å²) in [7, 11) is 0. The minimum Gasteiger partial charge on any atom is -0.388 e. The summed E-state index contributed by atoms with van der Waals surface area (Å²) in [5.41, 5.74) is 1.90. The first-order valence-corrected chi connectivity index (χ1v) is 10.00. The molecule has 1 aliphatic heterocycles. The van der Waals surface area contributed by atoms with E-state index >= 15 is 0 Å². The summed E-state index contributed by atoms with van der Waals surface area (Å²) in [6.07, 6.45) is 1.83. The highest BCUT2D eigenvalue weighted by molar-refractivity contribution is 9.10. The molecule has 3 heteroatoms. The first-order valence-electron chi connectivity index (χ1n) is 9.20. The van der Waals surface area contributed by atoms with Gasteiger partial charge in [0.05, 0.1) is 5.60 Å². The van der Waals surface area contributed by atoms with Gasteiger partial charge in [-0.3, -0.25) is 4.90 Å². The normalized spacial score (nSPS) is 24.6. The number of hydrogen-bond donors (Lipinski definition) is 1. The third kappa shape index (κ3) is 4.72. The number of rotatable bonds is 5. The monoisotopic (exact) mass is 401 g/mol. The van der Waals surface area contributed by atoms with Crippen molar-refractivity contribution in [2.75, 3.05) is 13.1 Å². The van der Waals surface area contributed by atoms with Crippen molar-refractivity contribution in [1.82, 2.24) is 4.90 Å². The van der Waals surface area contributed by atoms with Crippen LogP contribution < -0.4 is 0 Å². The minimum absolute atomic E-state index is 0.204. The number of β-amino-alcohol motifs (C(OH)–C–C–N with tert-alkyl or cyclic N) is 1. The van der Waals surface area contributed by atoms with Crippen LogP contribution in [0.1, 0.15) is 43.7 Å². The smallest absolute Gasteiger partial charge is 0.0845 e. The van der Waals surface area contributed by atoms with Crippen LogP contribution >= 0.6 is 15.9 Å². The summed E-state index contributed by atoms with van der Waals surface area (Å²) in [6, 6.07) is 19.1. The molecular weight excluding hydrogens is 374 g/mol. The number of halogens is 1. The van der Waals surface area contributed by atoms with Gasteiger partial charge in [0.25, 0.3) is 0 Å². The molecule has 0 saturated carbocycles. The van der Waals surface area contributed by atoms with Crippen molar-refractivity contribution in [3.05, 3.63) is 70.2 Å². The van der Waals surface area contributed by atoms with Gasteiger partial charge < -0.3 is 5.11 Å². The maximum Gasteiger partial charge on any atom is 0.0845 e. The van der Waals surface area contributed by atoms with Crippen molar-refractivity contribution in [3.63, 3.8) is 0 Å². The summed E-state index contributed by atoms with van der Waals surface area (Å²) in [4.78, 5) is 2.41. The minimum atomic E-state index is -0.672. The molecule has 2 atom stereocenters. The summed E-state index contributed by atoms with van der Waals surface area (Å²) < 4.78 is 1.09. The van der Waals surface area contributed by atoms with Crippen molar-refractivity contribution < 1.29 is 5.11 Å². The van der Waals surface area contributed by atoms with Crippen LogP contribution in [0.2, 0.25) is 0 Å². The molecular formula is C22H28BrNO. The van der Waals surface area contributed by atoms with Crippen LogP contribution in [0, 0.1) is 5.92 Å². The number of piperidine rings is 1. The van der Waals surface area contributed by atoms with E-state index in [4.69, 9.17) is 0 Å². The third-order valence-corrected chi connectivity index (χ3v) is 5.69. The largest absolute Gasteiger partial charge is 0.388 e. The first kappa shape index (κ1) is 18.6. The number of hydrogen-bond acceptors (Lipinski definition) is 2. The van der Waals surface area contributed by atoms with Crippen LogP contribution in [0.4, 0.5) is 0 Å². The van der Waals surface area contributed by atoms with E-state index in [1.807, 2.05) is 0 Å². The van der Waals surface area contributed by atoms with Gasteiger partial charge >= 0.3 is 0 Å². The van der Waals surface area contributed by atoms with Crippen molar-refractivity contribution in [1.29, 1.82) is 0 Å². The van der Waals surface area contributed by atoms with E-state index in [-0.39, 0.29) is 5.92 Å². The Balaban J connectivity index is 1.80. The second-order valence-corrected chi connectivity index (χ2v) is 8.71. The summed E-state index contributed by atoms with van der Waals surface area (Å²) >= 11 is 3.51. The molecule has 1 fully saturated rings. The predicted molar refractivity (Wildman–Crippen MR) is 108 cm³/mol. The molecule has 2 unspecified atom stereocenters. The lowest BCUT2D eigenvalue weighted by molar-refractivity contribution is -0.0651. The molecule has 0 radical (unpaired) electrons. The van der Waals surface area contributed by atoms with Gasteiger partial charge in [-0.2, -0.15) is 0 Å². The van der Waals surface area contributed by atoms with Crippen LogP contribution in [0.25, 0.3) is 0 Å². The van der Waals surface area contributed by atoms with E-state index in [0.717, 1.165) is 36.9 Å². The van der Waals surface area contributed by atoms with Gasteiger partial charge in [0.1, 0.15) is 0 Å². The van der Waals surface area contributed by atoms with Crippen LogP contribution in [0.5, 0.6) is 0 Å². The molecule has 1 N–H and O–H groups in total. The molecule has 25 heavy (non-hydrogen) atoms. The molecule has 0 aliphatic carbocycles. The van der Waals surface area contributed by atoms with Crippen LogP contribution in [-0.4, -0.2) is 28.7 Å². The molecule has 2 aromatic rings. The number of likely N-dealkylation sites (tertiary alicyclic amines) is 1. The Bertz CT molecular complexity index is 670. The number of aliphatic hydroxyl groups is 1. The van der Waals surface area contributed by atoms with Crippen LogP contribution in [-0.2, 0) is 6.54 Å². The van der Waals surface area contributed by atoms with E-state index in [9.17, 15) is 5.11 Å². The van der Waals surface area contributed by atoms with E-state index in [2.05, 4.69) is 89.3 Å². The molecule has 2 aromatic carbocycles. The quantitative estimate of drug-likeness (QED) is 0.742. The predicted octanol–water partition coefficient (Wildman–Crippen LogP) is 5.22. The lowest BCUT2D eigenvalue weighted by Gasteiger charge is -2.46. The molecule has 0 bridgehead atoms. The van der Waals surface area contributed by atoms with Gasteiger partial charge in [0.2, 0.25) is 0 Å². The van der Waals surface area contributed by atoms with Crippen molar-refractivity contribution >= 4 is 15.9 Å². The maximum atomic E-state index is 11.6. The van der Waals surface area contributed by atoms with Gasteiger partial charge in [-0.05, 0) is 48.6 Å². The summed E-state index contributed by atoms with van der Waals surface area (Å²) in [6.45, 7) is 7.07. The van der Waals surface area contributed by atoms with E-state index < -0.39 is 5.60 Å². The third-order valence-electron chi connectivity index (χ3n) is 5.16. The Morgan fingerprint density at radius 1 is 1.12 bits per heavy atom. The van der Waals surface area contributed by atoms with Gasteiger partial charge in [-0.25, -0.2) is 0 Å². The lowest BCUT2D eigenvalue weighted by atomic mass is 9.73. The fourth-order valence-corrected chi connectivity index (χ4v) is 4.48. The Kier molecular flexibility index (Phi) is 5.98. The highest BCUT2D eigenvalue weighted by atomic mass is 79.9.